The fourth-order valence-electron chi connectivity index (χ4n) is 0.942. The smallest absolute Gasteiger partial charge is 0.0808 e. The van der Waals surface area contributed by atoms with Gasteiger partial charge in [-0.25, -0.2) is 0 Å². The molecule has 0 aliphatic carbocycles. The average Bonchev–Trinajstić information content (AvgIpc) is 2.40. The molecule has 0 atom stereocenters. The molecule has 0 aliphatic rings. The maximum Gasteiger partial charge on any atom is 0.0808 e. The Labute approximate surface area is 116 Å². The van der Waals surface area contributed by atoms with Crippen molar-refractivity contribution in [2.24, 2.45) is 9.98 Å². The predicted octanol–water partition coefficient (Wildman–Crippen LogP) is 4.59. The van der Waals surface area contributed by atoms with Crippen molar-refractivity contribution in [2.75, 3.05) is 0 Å². The molecule has 0 saturated heterocycles. The van der Waals surface area contributed by atoms with E-state index in [2.05, 4.69) is 42.9 Å². The second-order valence-electron chi connectivity index (χ2n) is 3.61. The zero-order valence-corrected chi connectivity index (χ0v) is 11.5. The van der Waals surface area contributed by atoms with Crippen LogP contribution >= 0.6 is 0 Å². The summed E-state index contributed by atoms with van der Waals surface area (Å²) in [5, 5.41) is 0. The molecule has 98 valence electrons. The molecule has 0 heterocycles. The normalized spacial score (nSPS) is 11.6. The molecule has 0 aromatic carbocycles. The lowest BCUT2D eigenvalue weighted by Gasteiger charge is -1.95. The third-order valence-electron chi connectivity index (χ3n) is 2.02. The molecule has 0 rings (SSSR count). The van der Waals surface area contributed by atoms with Crippen molar-refractivity contribution in [3.8, 4) is 0 Å². The molecule has 0 aromatic rings. The van der Waals surface area contributed by atoms with Crippen LogP contribution in [0.4, 0.5) is 0 Å². The molecule has 0 saturated carbocycles. The molecule has 0 N–H and O–H groups in total. The topological polar surface area (TPSA) is 24.7 Å². The van der Waals surface area contributed by atoms with Gasteiger partial charge in [-0.05, 0) is 24.1 Å². The molecular formula is C17H20N2. The lowest BCUT2D eigenvalue weighted by atomic mass is 10.2. The van der Waals surface area contributed by atoms with Crippen LogP contribution in [-0.4, -0.2) is 12.4 Å². The highest BCUT2D eigenvalue weighted by Gasteiger charge is 1.91. The second-order valence-corrected chi connectivity index (χ2v) is 3.61. The van der Waals surface area contributed by atoms with E-state index in [1.54, 1.807) is 24.6 Å². The molecule has 2 heteroatoms. The third kappa shape index (κ3) is 8.27. The van der Waals surface area contributed by atoms with Gasteiger partial charge in [0.25, 0.3) is 0 Å². The van der Waals surface area contributed by atoms with Gasteiger partial charge in [0.2, 0.25) is 0 Å². The third-order valence-corrected chi connectivity index (χ3v) is 2.02. The molecule has 0 aliphatic heterocycles. The fourth-order valence-corrected chi connectivity index (χ4v) is 0.942. The molecule has 19 heavy (non-hydrogen) atoms. The first-order valence-corrected chi connectivity index (χ1v) is 5.77. The van der Waals surface area contributed by atoms with Crippen LogP contribution in [-0.2, 0) is 0 Å². The lowest BCUT2D eigenvalue weighted by Crippen LogP contribution is -1.80. The van der Waals surface area contributed by atoms with Crippen molar-refractivity contribution in [1.29, 1.82) is 0 Å². The van der Waals surface area contributed by atoms with Gasteiger partial charge in [-0.3, -0.25) is 9.98 Å². The van der Waals surface area contributed by atoms with Crippen molar-refractivity contribution in [3.63, 3.8) is 0 Å². The predicted molar refractivity (Wildman–Crippen MR) is 87.7 cm³/mol. The first kappa shape index (κ1) is 16.5. The minimum atomic E-state index is 0.531. The zero-order chi connectivity index (χ0) is 14.7. The second kappa shape index (κ2) is 9.54. The molecule has 0 bridgehead atoms. The quantitative estimate of drug-likeness (QED) is 0.446. The number of nitrogens with zero attached hydrogens (tertiary/aromatic N) is 2. The van der Waals surface area contributed by atoms with Crippen LogP contribution in [0, 0.1) is 0 Å². The van der Waals surface area contributed by atoms with Gasteiger partial charge in [0.15, 0.2) is 0 Å². The van der Waals surface area contributed by atoms with E-state index < -0.39 is 0 Å². The van der Waals surface area contributed by atoms with Crippen LogP contribution in [0.25, 0.3) is 0 Å². The van der Waals surface area contributed by atoms with Gasteiger partial charge in [0.05, 0.1) is 11.4 Å². The Balaban J connectivity index is 4.36. The van der Waals surface area contributed by atoms with E-state index in [0.29, 0.717) is 11.4 Å². The molecule has 0 radical (unpaired) electrons. The Morgan fingerprint density at radius 2 is 1.42 bits per heavy atom. The highest BCUT2D eigenvalue weighted by molar-refractivity contribution is 5.74. The van der Waals surface area contributed by atoms with Crippen LogP contribution in [0.1, 0.15) is 6.92 Å². The van der Waals surface area contributed by atoms with E-state index in [-0.39, 0.29) is 0 Å². The summed E-state index contributed by atoms with van der Waals surface area (Å²) in [6, 6.07) is 0. The number of hydrogen-bond donors (Lipinski definition) is 0. The molecule has 2 nitrogen and oxygen atoms in total. The summed E-state index contributed by atoms with van der Waals surface area (Å²) in [7, 11) is 0. The van der Waals surface area contributed by atoms with Crippen LogP contribution in [0.15, 0.2) is 95.8 Å². The van der Waals surface area contributed by atoms with Gasteiger partial charge in [-0.2, -0.15) is 0 Å². The SMILES string of the molecule is C=CC(=C)/C=C\C(=C)/C=C\C=NC(=C)C(=C)N=CC. The summed E-state index contributed by atoms with van der Waals surface area (Å²) in [5.74, 6) is 0. The monoisotopic (exact) mass is 252 g/mol. The Bertz CT molecular complexity index is 497. The van der Waals surface area contributed by atoms with E-state index in [4.69, 9.17) is 0 Å². The zero-order valence-electron chi connectivity index (χ0n) is 11.5. The van der Waals surface area contributed by atoms with E-state index in [0.717, 1.165) is 11.1 Å². The lowest BCUT2D eigenvalue weighted by molar-refractivity contribution is 1.28. The molecule has 0 amide bonds. The van der Waals surface area contributed by atoms with Crippen molar-refractivity contribution in [1.82, 2.24) is 0 Å². The first-order valence-electron chi connectivity index (χ1n) is 5.77. The van der Waals surface area contributed by atoms with E-state index in [1.807, 2.05) is 25.2 Å². The number of aliphatic imine (C=N–C) groups is 2. The van der Waals surface area contributed by atoms with E-state index in [1.165, 1.54) is 0 Å². The number of rotatable bonds is 8. The molecular weight excluding hydrogens is 232 g/mol. The summed E-state index contributed by atoms with van der Waals surface area (Å²) in [5.41, 5.74) is 2.76. The van der Waals surface area contributed by atoms with Gasteiger partial charge in [-0.1, -0.05) is 57.2 Å². The summed E-state index contributed by atoms with van der Waals surface area (Å²) in [6.45, 7) is 20.6. The van der Waals surface area contributed by atoms with Crippen LogP contribution in [0.5, 0.6) is 0 Å². The van der Waals surface area contributed by atoms with E-state index in [9.17, 15) is 0 Å². The van der Waals surface area contributed by atoms with Gasteiger partial charge >= 0.3 is 0 Å². The van der Waals surface area contributed by atoms with Crippen molar-refractivity contribution in [3.05, 3.63) is 85.8 Å². The Hall–Kier alpha value is -2.48. The summed E-state index contributed by atoms with van der Waals surface area (Å²) >= 11 is 0. The highest BCUT2D eigenvalue weighted by Crippen LogP contribution is 2.06. The maximum atomic E-state index is 4.11. The van der Waals surface area contributed by atoms with Gasteiger partial charge < -0.3 is 0 Å². The van der Waals surface area contributed by atoms with Crippen molar-refractivity contribution < 1.29 is 0 Å². The highest BCUT2D eigenvalue weighted by atomic mass is 14.8. The minimum absolute atomic E-state index is 0.531. The molecule has 0 spiro atoms. The van der Waals surface area contributed by atoms with Gasteiger partial charge in [0, 0.05) is 12.4 Å². The van der Waals surface area contributed by atoms with Crippen LogP contribution in [0.3, 0.4) is 0 Å². The maximum absolute atomic E-state index is 4.11. The Morgan fingerprint density at radius 1 is 0.842 bits per heavy atom. The minimum Gasteiger partial charge on any atom is -0.260 e. The Kier molecular flexibility index (Phi) is 8.29. The summed E-state index contributed by atoms with van der Waals surface area (Å²) in [4.78, 5) is 8.10. The Morgan fingerprint density at radius 3 is 2.00 bits per heavy atom. The summed E-state index contributed by atoms with van der Waals surface area (Å²) < 4.78 is 0. The van der Waals surface area contributed by atoms with Gasteiger partial charge in [0.1, 0.15) is 0 Å². The molecule has 0 fully saturated rings. The van der Waals surface area contributed by atoms with Gasteiger partial charge in [-0.15, -0.1) is 0 Å². The standard InChI is InChI=1S/C17H20N2/c1-7-14(3)11-12-15(4)10-9-13-19-17(6)16(5)18-8-2/h7-13H,1,3-6H2,2H3/b10-9-,12-11-,18-8?,19-13?. The molecule has 0 aromatic heterocycles. The first-order chi connectivity index (χ1) is 9.01. The molecule has 0 unspecified atom stereocenters. The number of hydrogen-bond acceptors (Lipinski definition) is 2. The average molecular weight is 252 g/mol. The van der Waals surface area contributed by atoms with Crippen LogP contribution < -0.4 is 0 Å². The van der Waals surface area contributed by atoms with Crippen molar-refractivity contribution >= 4 is 12.4 Å². The largest absolute Gasteiger partial charge is 0.260 e. The van der Waals surface area contributed by atoms with E-state index >= 15 is 0 Å². The number of allylic oxidation sites excluding steroid dienone is 7. The van der Waals surface area contributed by atoms with Crippen LogP contribution in [0.2, 0.25) is 0 Å². The fraction of sp³-hybridized carbons (Fsp3) is 0.0588. The summed E-state index contributed by atoms with van der Waals surface area (Å²) in [6.07, 6.45) is 12.3. The van der Waals surface area contributed by atoms with Crippen molar-refractivity contribution in [2.45, 2.75) is 6.92 Å².